The van der Waals surface area contributed by atoms with Gasteiger partial charge in [-0.15, -0.1) is 0 Å². The number of hydrogen-bond acceptors (Lipinski definition) is 4. The molecule has 0 atom stereocenters. The van der Waals surface area contributed by atoms with E-state index in [1.54, 1.807) is 23.9 Å². The monoisotopic (exact) mass is 447 g/mol. The van der Waals surface area contributed by atoms with Gasteiger partial charge in [-0.1, -0.05) is 54.2 Å². The molecule has 2 N–H and O–H groups in total. The molecule has 0 unspecified atom stereocenters. The van der Waals surface area contributed by atoms with Crippen molar-refractivity contribution in [1.29, 1.82) is 0 Å². The molecule has 160 valence electrons. The first-order valence-corrected chi connectivity index (χ1v) is 10.5. The van der Waals surface area contributed by atoms with Gasteiger partial charge in [-0.3, -0.25) is 9.59 Å². The maximum absolute atomic E-state index is 13.7. The zero-order chi connectivity index (χ0) is 22.5. The van der Waals surface area contributed by atoms with E-state index in [-0.39, 0.29) is 11.4 Å². The number of rotatable bonds is 6. The average molecular weight is 447 g/mol. The quantitative estimate of drug-likeness (QED) is 0.431. The summed E-state index contributed by atoms with van der Waals surface area (Å²) in [6.45, 7) is -0.525. The number of imide groups is 1. The lowest BCUT2D eigenvalue weighted by atomic mass is 10.2. The second-order valence-electron chi connectivity index (χ2n) is 6.89. The van der Waals surface area contributed by atoms with E-state index < -0.39 is 30.2 Å². The van der Waals surface area contributed by atoms with Gasteiger partial charge in [0.05, 0.1) is 5.69 Å². The van der Waals surface area contributed by atoms with E-state index >= 15 is 0 Å². The Morgan fingerprint density at radius 1 is 0.938 bits per heavy atom. The van der Waals surface area contributed by atoms with Crippen molar-refractivity contribution in [2.75, 3.05) is 11.9 Å². The maximum atomic E-state index is 13.7. The maximum Gasteiger partial charge on any atom is 0.329 e. The third kappa shape index (κ3) is 5.04. The van der Waals surface area contributed by atoms with Crippen molar-refractivity contribution in [2.24, 2.45) is 0 Å². The van der Waals surface area contributed by atoms with Gasteiger partial charge in [-0.05, 0) is 48.0 Å². The lowest BCUT2D eigenvalue weighted by molar-refractivity contribution is -0.127. The van der Waals surface area contributed by atoms with Crippen molar-refractivity contribution >= 4 is 41.4 Å². The van der Waals surface area contributed by atoms with Crippen LogP contribution in [0.25, 0.3) is 6.08 Å². The molecule has 0 spiro atoms. The molecule has 0 radical (unpaired) electrons. The Labute approximate surface area is 188 Å². The number of nitrogens with one attached hydrogen (secondary N) is 2. The first kappa shape index (κ1) is 21.3. The SMILES string of the molecule is O=C(CN1C(=O)N/C(=C/c2ccc(Sc3ccccc3)cc2)C1=O)Nc1ccccc1F. The number of halogens is 1. The minimum absolute atomic E-state index is 0.0196. The Morgan fingerprint density at radius 2 is 1.59 bits per heavy atom. The van der Waals surface area contributed by atoms with Gasteiger partial charge in [-0.25, -0.2) is 14.1 Å². The lowest BCUT2D eigenvalue weighted by Crippen LogP contribution is -2.38. The molecule has 1 heterocycles. The van der Waals surface area contributed by atoms with Crippen LogP contribution in [0.1, 0.15) is 5.56 Å². The van der Waals surface area contributed by atoms with Crippen molar-refractivity contribution in [3.05, 3.63) is 95.9 Å². The molecule has 32 heavy (non-hydrogen) atoms. The molecule has 0 bridgehead atoms. The number of anilines is 1. The van der Waals surface area contributed by atoms with E-state index in [1.807, 2.05) is 54.6 Å². The number of para-hydroxylation sites is 1. The molecule has 3 aromatic rings. The van der Waals surface area contributed by atoms with Crippen molar-refractivity contribution in [3.63, 3.8) is 0 Å². The van der Waals surface area contributed by atoms with Crippen LogP contribution < -0.4 is 10.6 Å². The third-order valence-electron chi connectivity index (χ3n) is 4.58. The van der Waals surface area contributed by atoms with Crippen LogP contribution in [0.5, 0.6) is 0 Å². The van der Waals surface area contributed by atoms with Crippen molar-refractivity contribution in [3.8, 4) is 0 Å². The fourth-order valence-corrected chi connectivity index (χ4v) is 3.87. The smallest absolute Gasteiger partial charge is 0.322 e. The molecule has 0 aromatic heterocycles. The fraction of sp³-hybridized carbons (Fsp3) is 0.0417. The number of amides is 4. The highest BCUT2D eigenvalue weighted by atomic mass is 32.2. The molecule has 3 aromatic carbocycles. The topological polar surface area (TPSA) is 78.5 Å². The van der Waals surface area contributed by atoms with Gasteiger partial charge in [0.15, 0.2) is 0 Å². The van der Waals surface area contributed by atoms with E-state index in [0.717, 1.165) is 20.3 Å². The molecule has 0 saturated carbocycles. The number of urea groups is 1. The Balaban J connectivity index is 1.40. The summed E-state index contributed by atoms with van der Waals surface area (Å²) < 4.78 is 13.7. The second-order valence-corrected chi connectivity index (χ2v) is 8.04. The molecular weight excluding hydrogens is 429 g/mol. The largest absolute Gasteiger partial charge is 0.329 e. The molecule has 4 amide bonds. The van der Waals surface area contributed by atoms with Crippen LogP contribution in [0.3, 0.4) is 0 Å². The highest BCUT2D eigenvalue weighted by Crippen LogP contribution is 2.27. The normalized spacial score (nSPS) is 14.5. The second kappa shape index (κ2) is 9.49. The molecule has 4 rings (SSSR count). The predicted molar refractivity (Wildman–Crippen MR) is 120 cm³/mol. The van der Waals surface area contributed by atoms with Crippen molar-refractivity contribution in [1.82, 2.24) is 10.2 Å². The third-order valence-corrected chi connectivity index (χ3v) is 5.60. The molecule has 8 heteroatoms. The average Bonchev–Trinajstić information content (AvgIpc) is 3.05. The minimum atomic E-state index is -0.707. The first-order chi connectivity index (χ1) is 15.5. The van der Waals surface area contributed by atoms with E-state index in [1.165, 1.54) is 18.2 Å². The van der Waals surface area contributed by atoms with Gasteiger partial charge in [0, 0.05) is 9.79 Å². The molecule has 1 fully saturated rings. The van der Waals surface area contributed by atoms with Crippen LogP contribution in [0.15, 0.2) is 94.4 Å². The summed E-state index contributed by atoms with van der Waals surface area (Å²) in [5, 5.41) is 4.84. The number of nitrogens with zero attached hydrogens (tertiary/aromatic N) is 1. The lowest BCUT2D eigenvalue weighted by Gasteiger charge is -2.12. The molecule has 1 aliphatic heterocycles. The zero-order valence-corrected chi connectivity index (χ0v) is 17.6. The molecule has 0 aliphatic carbocycles. The van der Waals surface area contributed by atoms with E-state index in [0.29, 0.717) is 0 Å². The highest BCUT2D eigenvalue weighted by molar-refractivity contribution is 7.99. The standard InChI is InChI=1S/C24H18FN3O3S/c25-19-8-4-5-9-20(19)26-22(29)15-28-23(30)21(27-24(28)31)14-16-10-12-18(13-11-16)32-17-6-2-1-3-7-17/h1-14H,15H2,(H,26,29)(H,27,31)/b21-14+. The molecule has 1 aliphatic rings. The van der Waals surface area contributed by atoms with Gasteiger partial charge in [0.25, 0.3) is 5.91 Å². The molecular formula is C24H18FN3O3S. The van der Waals surface area contributed by atoms with Gasteiger partial charge in [-0.2, -0.15) is 0 Å². The Hall–Kier alpha value is -3.91. The van der Waals surface area contributed by atoms with Crippen LogP contribution >= 0.6 is 11.8 Å². The Kier molecular flexibility index (Phi) is 6.32. The van der Waals surface area contributed by atoms with Gasteiger partial charge >= 0.3 is 6.03 Å². The summed E-state index contributed by atoms with van der Waals surface area (Å²) in [4.78, 5) is 39.9. The zero-order valence-electron chi connectivity index (χ0n) is 16.7. The van der Waals surface area contributed by atoms with E-state index in [2.05, 4.69) is 10.6 Å². The van der Waals surface area contributed by atoms with Crippen LogP contribution in [-0.4, -0.2) is 29.3 Å². The van der Waals surface area contributed by atoms with Crippen LogP contribution in [0, 0.1) is 5.82 Å². The minimum Gasteiger partial charge on any atom is -0.322 e. The van der Waals surface area contributed by atoms with Crippen LogP contribution in [0.4, 0.5) is 14.9 Å². The van der Waals surface area contributed by atoms with E-state index in [4.69, 9.17) is 0 Å². The fourth-order valence-electron chi connectivity index (χ4n) is 3.03. The summed E-state index contributed by atoms with van der Waals surface area (Å²) in [5.74, 6) is -1.91. The number of carbonyl (C=O) groups excluding carboxylic acids is 3. The van der Waals surface area contributed by atoms with E-state index in [9.17, 15) is 18.8 Å². The number of hydrogen-bond donors (Lipinski definition) is 2. The predicted octanol–water partition coefficient (Wildman–Crippen LogP) is 4.51. The Bertz CT molecular complexity index is 1200. The first-order valence-electron chi connectivity index (χ1n) is 9.71. The summed E-state index contributed by atoms with van der Waals surface area (Å²) >= 11 is 1.61. The number of carbonyl (C=O) groups is 3. The van der Waals surface area contributed by atoms with Gasteiger partial charge < -0.3 is 10.6 Å². The Morgan fingerprint density at radius 3 is 2.31 bits per heavy atom. The number of benzene rings is 3. The van der Waals surface area contributed by atoms with Crippen LogP contribution in [0.2, 0.25) is 0 Å². The van der Waals surface area contributed by atoms with Gasteiger partial charge in [0.1, 0.15) is 18.1 Å². The van der Waals surface area contributed by atoms with Crippen molar-refractivity contribution < 1.29 is 18.8 Å². The highest BCUT2D eigenvalue weighted by Gasteiger charge is 2.35. The summed E-state index contributed by atoms with van der Waals surface area (Å²) in [5.41, 5.74) is 0.773. The summed E-state index contributed by atoms with van der Waals surface area (Å²) in [6.07, 6.45) is 1.55. The summed E-state index contributed by atoms with van der Waals surface area (Å²) in [6, 6.07) is 22.4. The van der Waals surface area contributed by atoms with Crippen LogP contribution in [-0.2, 0) is 9.59 Å². The van der Waals surface area contributed by atoms with Crippen molar-refractivity contribution in [2.45, 2.75) is 9.79 Å². The molecule has 6 nitrogen and oxygen atoms in total. The van der Waals surface area contributed by atoms with Gasteiger partial charge in [0.2, 0.25) is 5.91 Å². The molecule has 1 saturated heterocycles. The summed E-state index contributed by atoms with van der Waals surface area (Å²) in [7, 11) is 0.